The van der Waals surface area contributed by atoms with Gasteiger partial charge in [-0.1, -0.05) is 24.0 Å². The molecule has 2 aromatic heterocycles. The molecule has 32 heavy (non-hydrogen) atoms. The van der Waals surface area contributed by atoms with Crippen molar-refractivity contribution >= 4 is 22.8 Å². The number of likely N-dealkylation sites (tertiary alicyclic amines) is 1. The Labute approximate surface area is 187 Å². The predicted molar refractivity (Wildman–Crippen MR) is 123 cm³/mol. The average molecular weight is 428 g/mol. The van der Waals surface area contributed by atoms with Crippen LogP contribution in [0.1, 0.15) is 31.2 Å². The van der Waals surface area contributed by atoms with Gasteiger partial charge in [0, 0.05) is 44.2 Å². The zero-order valence-corrected chi connectivity index (χ0v) is 18.1. The van der Waals surface area contributed by atoms with Gasteiger partial charge in [0.2, 0.25) is 5.60 Å². The first-order chi connectivity index (χ1) is 15.5. The van der Waals surface area contributed by atoms with Crippen LogP contribution >= 0.6 is 0 Å². The predicted octanol–water partition coefficient (Wildman–Crippen LogP) is 2.63. The Kier molecular flexibility index (Phi) is 5.24. The van der Waals surface area contributed by atoms with Crippen LogP contribution in [0.15, 0.2) is 42.7 Å². The van der Waals surface area contributed by atoms with Crippen LogP contribution in [0.2, 0.25) is 0 Å². The largest absolute Gasteiger partial charge is 0.369 e. The number of piperidine rings is 1. The second-order valence-electron chi connectivity index (χ2n) is 8.48. The van der Waals surface area contributed by atoms with E-state index >= 15 is 0 Å². The van der Waals surface area contributed by atoms with Crippen LogP contribution in [-0.2, 0) is 4.79 Å². The van der Waals surface area contributed by atoms with E-state index < -0.39 is 5.60 Å². The standard InChI is InChI=1S/C25H25N5O2/c1-29-15-12-25(32,24(29)31)11-10-18-6-5-7-19(16-18)20-8-9-21-22(28-20)23(27-17-26-21)30-13-3-2-4-14-30/h5-9,16-17,32H,2-4,12-15H2,1H3/t25-/m0/s1. The quantitative estimate of drug-likeness (QED) is 0.633. The molecule has 4 heterocycles. The Hall–Kier alpha value is -3.50. The van der Waals surface area contributed by atoms with Gasteiger partial charge in [-0.05, 0) is 43.5 Å². The van der Waals surface area contributed by atoms with Gasteiger partial charge >= 0.3 is 0 Å². The third-order valence-corrected chi connectivity index (χ3v) is 6.20. The van der Waals surface area contributed by atoms with Crippen molar-refractivity contribution in [3.8, 4) is 23.1 Å². The first-order valence-electron chi connectivity index (χ1n) is 11.0. The second-order valence-corrected chi connectivity index (χ2v) is 8.48. The third kappa shape index (κ3) is 3.78. The van der Waals surface area contributed by atoms with Gasteiger partial charge in [-0.3, -0.25) is 4.79 Å². The van der Waals surface area contributed by atoms with E-state index in [1.165, 1.54) is 11.3 Å². The van der Waals surface area contributed by atoms with Gasteiger partial charge < -0.3 is 14.9 Å². The van der Waals surface area contributed by atoms with Crippen molar-refractivity contribution in [3.63, 3.8) is 0 Å². The molecule has 0 spiro atoms. The highest BCUT2D eigenvalue weighted by molar-refractivity contribution is 5.90. The number of nitrogens with zero attached hydrogens (tertiary/aromatic N) is 5. The van der Waals surface area contributed by atoms with Gasteiger partial charge in [0.25, 0.3) is 5.91 Å². The lowest BCUT2D eigenvalue weighted by atomic mass is 10.0. The normalized spacial score (nSPS) is 21.0. The summed E-state index contributed by atoms with van der Waals surface area (Å²) < 4.78 is 0. The number of aliphatic hydroxyl groups is 1. The van der Waals surface area contributed by atoms with Gasteiger partial charge in [0.15, 0.2) is 5.82 Å². The molecular formula is C25H25N5O2. The number of anilines is 1. The van der Waals surface area contributed by atoms with Crippen LogP contribution in [-0.4, -0.2) is 63.1 Å². The fourth-order valence-corrected chi connectivity index (χ4v) is 4.33. The zero-order valence-electron chi connectivity index (χ0n) is 18.1. The van der Waals surface area contributed by atoms with Crippen molar-refractivity contribution in [2.24, 2.45) is 0 Å². The highest BCUT2D eigenvalue weighted by Gasteiger charge is 2.42. The summed E-state index contributed by atoms with van der Waals surface area (Å²) in [5, 5.41) is 10.6. The topological polar surface area (TPSA) is 82.4 Å². The third-order valence-electron chi connectivity index (χ3n) is 6.20. The second kappa shape index (κ2) is 8.21. The number of aromatic nitrogens is 3. The number of pyridine rings is 1. The Morgan fingerprint density at radius 2 is 1.91 bits per heavy atom. The lowest BCUT2D eigenvalue weighted by molar-refractivity contribution is -0.137. The van der Waals surface area contributed by atoms with Crippen LogP contribution in [0.4, 0.5) is 5.82 Å². The van der Waals surface area contributed by atoms with Crippen molar-refractivity contribution in [1.82, 2.24) is 19.9 Å². The summed E-state index contributed by atoms with van der Waals surface area (Å²) >= 11 is 0. The lowest BCUT2D eigenvalue weighted by Crippen LogP contribution is -2.37. The number of hydrogen-bond acceptors (Lipinski definition) is 6. The highest BCUT2D eigenvalue weighted by Crippen LogP contribution is 2.28. The smallest absolute Gasteiger partial charge is 0.267 e. The minimum Gasteiger partial charge on any atom is -0.369 e. The monoisotopic (exact) mass is 427 g/mol. The molecule has 2 aliphatic rings. The molecule has 7 nitrogen and oxygen atoms in total. The average Bonchev–Trinajstić information content (AvgIpc) is 3.10. The molecule has 0 unspecified atom stereocenters. The van der Waals surface area contributed by atoms with Crippen LogP contribution in [0.5, 0.6) is 0 Å². The maximum absolute atomic E-state index is 12.2. The molecule has 0 radical (unpaired) electrons. The van der Waals surface area contributed by atoms with Crippen molar-refractivity contribution < 1.29 is 9.90 Å². The van der Waals surface area contributed by atoms with Gasteiger partial charge in [-0.25, -0.2) is 15.0 Å². The Balaban J connectivity index is 1.49. The minimum atomic E-state index is -1.60. The summed E-state index contributed by atoms with van der Waals surface area (Å²) in [5.74, 6) is 6.31. The molecule has 3 aromatic rings. The zero-order chi connectivity index (χ0) is 22.1. The minimum absolute atomic E-state index is 0.320. The van der Waals surface area contributed by atoms with E-state index in [1.807, 2.05) is 36.4 Å². The summed E-state index contributed by atoms with van der Waals surface area (Å²) in [4.78, 5) is 29.8. The SMILES string of the molecule is CN1CC[C@@](O)(C#Cc2cccc(-c3ccc4ncnc(N5CCCCC5)c4n3)c2)C1=O. The van der Waals surface area contributed by atoms with E-state index in [-0.39, 0.29) is 5.91 Å². The molecule has 0 saturated carbocycles. The van der Waals surface area contributed by atoms with Gasteiger partial charge in [-0.15, -0.1) is 0 Å². The number of fused-ring (bicyclic) bond motifs is 1. The van der Waals surface area contributed by atoms with Crippen molar-refractivity contribution in [2.45, 2.75) is 31.3 Å². The molecule has 2 aliphatic heterocycles. The number of carbonyl (C=O) groups is 1. The Morgan fingerprint density at radius 1 is 1.06 bits per heavy atom. The maximum atomic E-state index is 12.2. The summed E-state index contributed by atoms with van der Waals surface area (Å²) in [6.07, 6.45) is 5.51. The van der Waals surface area contributed by atoms with E-state index in [9.17, 15) is 9.90 Å². The molecular weight excluding hydrogens is 402 g/mol. The van der Waals surface area contributed by atoms with E-state index in [4.69, 9.17) is 4.98 Å². The molecule has 1 aromatic carbocycles. The van der Waals surface area contributed by atoms with Crippen LogP contribution in [0, 0.1) is 11.8 Å². The van der Waals surface area contributed by atoms with Crippen molar-refractivity contribution in [2.75, 3.05) is 31.6 Å². The lowest BCUT2D eigenvalue weighted by Gasteiger charge is -2.28. The summed E-state index contributed by atoms with van der Waals surface area (Å²) in [5.41, 5.74) is 2.47. The number of benzene rings is 1. The van der Waals surface area contributed by atoms with Gasteiger partial charge in [-0.2, -0.15) is 0 Å². The van der Waals surface area contributed by atoms with Crippen LogP contribution in [0.25, 0.3) is 22.3 Å². The van der Waals surface area contributed by atoms with Crippen molar-refractivity contribution in [1.29, 1.82) is 0 Å². The maximum Gasteiger partial charge on any atom is 0.267 e. The molecule has 162 valence electrons. The first-order valence-corrected chi connectivity index (χ1v) is 11.0. The fourth-order valence-electron chi connectivity index (χ4n) is 4.33. The molecule has 1 atom stereocenters. The highest BCUT2D eigenvalue weighted by atomic mass is 16.3. The molecule has 5 rings (SSSR count). The van der Waals surface area contributed by atoms with Crippen LogP contribution in [0.3, 0.4) is 0 Å². The molecule has 2 fully saturated rings. The fraction of sp³-hybridized carbons (Fsp3) is 0.360. The number of amides is 1. The number of carbonyl (C=O) groups excluding carboxylic acids is 1. The molecule has 1 amide bonds. The molecule has 0 aliphatic carbocycles. The number of rotatable bonds is 2. The van der Waals surface area contributed by atoms with Crippen molar-refractivity contribution in [3.05, 3.63) is 48.3 Å². The van der Waals surface area contributed by atoms with Gasteiger partial charge in [0.05, 0.1) is 11.2 Å². The van der Waals surface area contributed by atoms with Crippen LogP contribution < -0.4 is 4.90 Å². The van der Waals surface area contributed by atoms with E-state index in [0.29, 0.717) is 13.0 Å². The van der Waals surface area contributed by atoms with E-state index in [2.05, 4.69) is 26.7 Å². The number of hydrogen-bond donors (Lipinski definition) is 1. The Morgan fingerprint density at radius 3 is 2.69 bits per heavy atom. The Bertz CT molecular complexity index is 1240. The summed E-state index contributed by atoms with van der Waals surface area (Å²) in [6, 6.07) is 11.6. The molecule has 1 N–H and O–H groups in total. The summed E-state index contributed by atoms with van der Waals surface area (Å²) in [6.45, 7) is 2.48. The first kappa shape index (κ1) is 20.4. The van der Waals surface area contributed by atoms with Gasteiger partial charge in [0.1, 0.15) is 11.8 Å². The van der Waals surface area contributed by atoms with E-state index in [0.717, 1.165) is 59.6 Å². The molecule has 7 heteroatoms. The van der Waals surface area contributed by atoms with E-state index in [1.54, 1.807) is 13.4 Å². The molecule has 0 bridgehead atoms. The number of likely N-dealkylation sites (N-methyl/N-ethyl adjacent to an activating group) is 1. The summed E-state index contributed by atoms with van der Waals surface area (Å²) in [7, 11) is 1.68. The molecule has 2 saturated heterocycles.